The van der Waals surface area contributed by atoms with Gasteiger partial charge in [0.25, 0.3) is 0 Å². The fourth-order valence-corrected chi connectivity index (χ4v) is 2.85. The predicted molar refractivity (Wildman–Crippen MR) is 93.5 cm³/mol. The molecule has 0 saturated heterocycles. The van der Waals surface area contributed by atoms with Crippen LogP contribution in [-0.2, 0) is 4.79 Å². The van der Waals surface area contributed by atoms with Gasteiger partial charge in [0.1, 0.15) is 11.5 Å². The van der Waals surface area contributed by atoms with Crippen LogP contribution in [0.1, 0.15) is 45.1 Å². The molecule has 3 N–H and O–H groups in total. The van der Waals surface area contributed by atoms with Crippen LogP contribution in [0, 0.1) is 12.0 Å². The molecule has 126 valence electrons. The van der Waals surface area contributed by atoms with Crippen molar-refractivity contribution in [2.75, 3.05) is 19.4 Å². The molecule has 0 heterocycles. The molecule has 1 saturated carbocycles. The van der Waals surface area contributed by atoms with E-state index in [1.165, 1.54) is 25.7 Å². The van der Waals surface area contributed by atoms with E-state index in [2.05, 4.69) is 10.3 Å². The summed E-state index contributed by atoms with van der Waals surface area (Å²) in [5.74, 6) is 1.11. The third kappa shape index (κ3) is 6.15. The van der Waals surface area contributed by atoms with Crippen LogP contribution >= 0.6 is 0 Å². The Labute approximate surface area is 187 Å². The summed E-state index contributed by atoms with van der Waals surface area (Å²) in [5, 5.41) is 2.77. The SMILES string of the molecule is CN=C(C(=O)N[C-](C)C)c1cc(OCC2CCCC2)ccc1N.[K+]. The second-order valence-corrected chi connectivity index (χ2v) is 6.24. The molecule has 0 aromatic heterocycles. The van der Waals surface area contributed by atoms with Crippen LogP contribution in [0.15, 0.2) is 23.2 Å². The Morgan fingerprint density at radius 1 is 1.38 bits per heavy atom. The largest absolute Gasteiger partial charge is 1.00 e. The first-order valence-electron chi connectivity index (χ1n) is 8.12. The molecule has 24 heavy (non-hydrogen) atoms. The van der Waals surface area contributed by atoms with E-state index in [0.717, 1.165) is 18.4 Å². The second-order valence-electron chi connectivity index (χ2n) is 6.24. The molecule has 0 spiro atoms. The minimum atomic E-state index is -0.257. The number of anilines is 1. The number of nitrogens with one attached hydrogen (secondary N) is 1. The molecule has 0 aliphatic heterocycles. The number of rotatable bonds is 6. The predicted octanol–water partition coefficient (Wildman–Crippen LogP) is -0.0513. The molecule has 0 radical (unpaired) electrons. The molecule has 1 aromatic carbocycles. The van der Waals surface area contributed by atoms with Gasteiger partial charge in [-0.2, -0.15) is 13.8 Å². The molecule has 1 amide bonds. The Hall–Kier alpha value is -0.404. The van der Waals surface area contributed by atoms with Gasteiger partial charge in [0, 0.05) is 18.3 Å². The van der Waals surface area contributed by atoms with Gasteiger partial charge in [-0.15, -0.1) is 0 Å². The van der Waals surface area contributed by atoms with Crippen molar-refractivity contribution in [2.45, 2.75) is 39.5 Å². The van der Waals surface area contributed by atoms with Gasteiger partial charge in [0.15, 0.2) is 0 Å². The summed E-state index contributed by atoms with van der Waals surface area (Å²) in [6, 6.07) is 6.22. The number of amides is 1. The van der Waals surface area contributed by atoms with Crippen LogP contribution in [0.5, 0.6) is 5.75 Å². The molecule has 5 nitrogen and oxygen atoms in total. The number of carbonyl (C=O) groups is 1. The molecule has 1 aliphatic carbocycles. The number of nitrogens with two attached hydrogens (primary N) is 1. The van der Waals surface area contributed by atoms with E-state index in [1.807, 2.05) is 19.9 Å². The Morgan fingerprint density at radius 2 is 2.04 bits per heavy atom. The van der Waals surface area contributed by atoms with Crippen LogP contribution in [0.3, 0.4) is 0 Å². The summed E-state index contributed by atoms with van der Waals surface area (Å²) >= 11 is 0. The summed E-state index contributed by atoms with van der Waals surface area (Å²) in [5.41, 5.74) is 7.47. The van der Waals surface area contributed by atoms with Crippen molar-refractivity contribution in [3.63, 3.8) is 0 Å². The van der Waals surface area contributed by atoms with E-state index in [9.17, 15) is 4.79 Å². The number of ether oxygens (including phenoxy) is 1. The quantitative estimate of drug-likeness (QED) is 0.325. The van der Waals surface area contributed by atoms with Crippen LogP contribution < -0.4 is 67.2 Å². The number of carbonyl (C=O) groups excluding carboxylic acids is 1. The van der Waals surface area contributed by atoms with E-state index in [4.69, 9.17) is 10.5 Å². The molecule has 1 aliphatic rings. The van der Waals surface area contributed by atoms with Crippen LogP contribution in [-0.4, -0.2) is 25.3 Å². The summed E-state index contributed by atoms with van der Waals surface area (Å²) in [4.78, 5) is 16.4. The van der Waals surface area contributed by atoms with Gasteiger partial charge in [-0.05, 0) is 37.0 Å². The van der Waals surface area contributed by atoms with Crippen LogP contribution in [0.25, 0.3) is 0 Å². The molecule has 0 atom stereocenters. The molecule has 6 heteroatoms. The number of nitrogen functional groups attached to an aromatic ring is 1. The molecule has 1 fully saturated rings. The molecule has 0 unspecified atom stereocenters. The van der Waals surface area contributed by atoms with E-state index in [0.29, 0.717) is 22.9 Å². The number of hydrogen-bond acceptors (Lipinski definition) is 4. The van der Waals surface area contributed by atoms with E-state index in [-0.39, 0.29) is 57.3 Å². The normalized spacial score (nSPS) is 15.2. The molecule has 1 aromatic rings. The zero-order valence-electron chi connectivity index (χ0n) is 15.2. The zero-order chi connectivity index (χ0) is 16.8. The number of hydrogen-bond donors (Lipinski definition) is 2. The maximum Gasteiger partial charge on any atom is 1.00 e. The van der Waals surface area contributed by atoms with Crippen molar-refractivity contribution in [3.8, 4) is 5.75 Å². The van der Waals surface area contributed by atoms with Gasteiger partial charge in [-0.1, -0.05) is 12.8 Å². The van der Waals surface area contributed by atoms with Crippen molar-refractivity contribution in [2.24, 2.45) is 10.9 Å². The van der Waals surface area contributed by atoms with Gasteiger partial charge in [0.2, 0.25) is 5.91 Å². The fraction of sp³-hybridized carbons (Fsp3) is 0.500. The van der Waals surface area contributed by atoms with E-state index in [1.54, 1.807) is 19.2 Å². The minimum Gasteiger partial charge on any atom is -0.498 e. The Kier molecular flexibility index (Phi) is 9.52. The summed E-state index contributed by atoms with van der Waals surface area (Å²) in [6.07, 6.45) is 5.05. The first-order valence-corrected chi connectivity index (χ1v) is 8.12. The third-order valence-corrected chi connectivity index (χ3v) is 4.04. The van der Waals surface area contributed by atoms with Crippen LogP contribution in [0.2, 0.25) is 0 Å². The first kappa shape index (κ1) is 21.6. The van der Waals surface area contributed by atoms with Gasteiger partial charge in [0.05, 0.1) is 6.61 Å². The van der Waals surface area contributed by atoms with Crippen molar-refractivity contribution in [3.05, 3.63) is 29.8 Å². The number of aliphatic imine (C=N–C) groups is 1. The minimum absolute atomic E-state index is 0. The van der Waals surface area contributed by atoms with Crippen molar-refractivity contribution < 1.29 is 60.9 Å². The molecule has 0 bridgehead atoms. The first-order chi connectivity index (χ1) is 11.0. The maximum absolute atomic E-state index is 12.3. The molecular formula is C18H26KN3O2. The zero-order valence-corrected chi connectivity index (χ0v) is 18.3. The number of benzene rings is 1. The van der Waals surface area contributed by atoms with Crippen molar-refractivity contribution in [1.29, 1.82) is 0 Å². The van der Waals surface area contributed by atoms with Gasteiger partial charge in [-0.3, -0.25) is 9.79 Å². The Bertz CT molecular complexity index is 582. The second kappa shape index (κ2) is 10.6. The van der Waals surface area contributed by atoms with Crippen LogP contribution in [0.4, 0.5) is 5.69 Å². The monoisotopic (exact) mass is 355 g/mol. The average molecular weight is 356 g/mol. The molecule has 2 rings (SSSR count). The maximum atomic E-state index is 12.3. The van der Waals surface area contributed by atoms with Gasteiger partial charge < -0.3 is 15.8 Å². The summed E-state index contributed by atoms with van der Waals surface area (Å²) in [7, 11) is 1.59. The average Bonchev–Trinajstić information content (AvgIpc) is 3.01. The van der Waals surface area contributed by atoms with E-state index >= 15 is 0 Å². The van der Waals surface area contributed by atoms with E-state index < -0.39 is 0 Å². The summed E-state index contributed by atoms with van der Waals surface area (Å²) < 4.78 is 5.89. The Balaban J connectivity index is 0.00000288. The standard InChI is InChI=1S/C18H26N3O2.K/c1-12(2)21-18(22)17(20-3)15-10-14(8-9-16(15)19)23-11-13-6-4-5-7-13;/h8-10,13H,4-7,11,19H2,1-3H3,(H,21,22);/q-1;+1. The van der Waals surface area contributed by atoms with Crippen molar-refractivity contribution >= 4 is 17.3 Å². The smallest absolute Gasteiger partial charge is 0.498 e. The third-order valence-electron chi connectivity index (χ3n) is 4.04. The van der Waals surface area contributed by atoms with Gasteiger partial charge >= 0.3 is 51.4 Å². The number of nitrogens with zero attached hydrogens (tertiary/aromatic N) is 1. The fourth-order valence-electron chi connectivity index (χ4n) is 2.85. The molecular weight excluding hydrogens is 329 g/mol. The van der Waals surface area contributed by atoms with Crippen molar-refractivity contribution in [1.82, 2.24) is 5.32 Å². The topological polar surface area (TPSA) is 76.7 Å². The van der Waals surface area contributed by atoms with Gasteiger partial charge in [-0.25, -0.2) is 6.04 Å². The summed E-state index contributed by atoms with van der Waals surface area (Å²) in [6.45, 7) is 4.38. The Morgan fingerprint density at radius 3 is 2.62 bits per heavy atom.